The van der Waals surface area contributed by atoms with Gasteiger partial charge in [0.1, 0.15) is 12.2 Å². The Balaban J connectivity index is 1.92. The molecule has 0 amide bonds. The van der Waals surface area contributed by atoms with Gasteiger partial charge in [-0.1, -0.05) is 28.1 Å². The van der Waals surface area contributed by atoms with E-state index in [-0.39, 0.29) is 11.2 Å². The molecule has 0 aliphatic carbocycles. The fourth-order valence-electron chi connectivity index (χ4n) is 2.40. The Kier molecular flexibility index (Phi) is 3.55. The van der Waals surface area contributed by atoms with E-state index in [1.807, 2.05) is 24.3 Å². The number of rotatable bonds is 4. The van der Waals surface area contributed by atoms with Crippen LogP contribution in [0.1, 0.15) is 17.9 Å². The molecule has 0 saturated carbocycles. The van der Waals surface area contributed by atoms with Crippen molar-refractivity contribution in [3.63, 3.8) is 0 Å². The minimum absolute atomic E-state index is 0.281. The van der Waals surface area contributed by atoms with Gasteiger partial charge in [0.25, 0.3) is 0 Å². The van der Waals surface area contributed by atoms with Crippen LogP contribution in [0.15, 0.2) is 35.1 Å². The first-order chi connectivity index (χ1) is 9.61. The maximum Gasteiger partial charge on any atom is 0.321 e. The van der Waals surface area contributed by atoms with Gasteiger partial charge in [0, 0.05) is 16.3 Å². The van der Waals surface area contributed by atoms with E-state index >= 15 is 0 Å². The van der Waals surface area contributed by atoms with E-state index in [1.165, 1.54) is 0 Å². The summed E-state index contributed by atoms with van der Waals surface area (Å²) >= 11 is 3.43. The Morgan fingerprint density at radius 1 is 1.40 bits per heavy atom. The molecule has 0 N–H and O–H groups in total. The Labute approximate surface area is 122 Å². The van der Waals surface area contributed by atoms with E-state index in [1.54, 1.807) is 0 Å². The zero-order valence-corrected chi connectivity index (χ0v) is 12.1. The topological polar surface area (TPSA) is 39.9 Å². The number of hydrogen-bond acceptors (Lipinski definition) is 3. The lowest BCUT2D eigenvalue weighted by Gasteiger charge is -2.41. The molecular weight excluding hydrogens is 332 g/mol. The maximum absolute atomic E-state index is 12.9. The Morgan fingerprint density at radius 3 is 2.80 bits per heavy atom. The monoisotopic (exact) mass is 343 g/mol. The van der Waals surface area contributed by atoms with Gasteiger partial charge >= 0.3 is 6.55 Å². The van der Waals surface area contributed by atoms with Crippen molar-refractivity contribution in [2.75, 3.05) is 13.2 Å². The molecule has 1 saturated heterocycles. The van der Waals surface area contributed by atoms with E-state index in [2.05, 4.69) is 26.1 Å². The molecule has 7 heteroatoms. The van der Waals surface area contributed by atoms with Crippen molar-refractivity contribution in [1.29, 1.82) is 0 Å². The van der Waals surface area contributed by atoms with E-state index in [9.17, 15) is 8.78 Å². The minimum atomic E-state index is -2.62. The average Bonchev–Trinajstić information content (AvgIpc) is 2.82. The van der Waals surface area contributed by atoms with Crippen LogP contribution in [0.25, 0.3) is 0 Å². The number of hydrogen-bond donors (Lipinski definition) is 0. The molecular formula is C13H12BrF2N3O. The predicted molar refractivity (Wildman–Crippen MR) is 71.6 cm³/mol. The van der Waals surface area contributed by atoms with Crippen molar-refractivity contribution in [1.82, 2.24) is 14.8 Å². The third kappa shape index (κ3) is 2.35. The second-order valence-corrected chi connectivity index (χ2v) is 5.81. The van der Waals surface area contributed by atoms with Gasteiger partial charge in [-0.2, -0.15) is 8.78 Å². The summed E-state index contributed by atoms with van der Waals surface area (Å²) in [6.45, 7) is -1.63. The van der Waals surface area contributed by atoms with Gasteiger partial charge in [-0.15, -0.1) is 10.2 Å². The highest BCUT2D eigenvalue weighted by Crippen LogP contribution is 2.37. The summed E-state index contributed by atoms with van der Waals surface area (Å²) < 4.78 is 32.8. The molecule has 20 heavy (non-hydrogen) atoms. The van der Waals surface area contributed by atoms with Crippen LogP contribution >= 0.6 is 15.9 Å². The second kappa shape index (κ2) is 5.21. The Hall–Kier alpha value is -1.34. The first kappa shape index (κ1) is 13.6. The Morgan fingerprint density at radius 2 is 2.20 bits per heavy atom. The van der Waals surface area contributed by atoms with E-state index < -0.39 is 6.55 Å². The molecule has 0 radical (unpaired) electrons. The number of ether oxygens (including phenoxy) is 1. The molecule has 2 aromatic rings. The van der Waals surface area contributed by atoms with Gasteiger partial charge in [-0.05, 0) is 17.7 Å². The highest BCUT2D eigenvalue weighted by molar-refractivity contribution is 9.10. The quantitative estimate of drug-likeness (QED) is 0.856. The van der Waals surface area contributed by atoms with Crippen LogP contribution < -0.4 is 0 Å². The van der Waals surface area contributed by atoms with E-state index in [4.69, 9.17) is 4.74 Å². The molecule has 1 aliphatic heterocycles. The van der Waals surface area contributed by atoms with Crippen molar-refractivity contribution in [2.45, 2.75) is 18.4 Å². The third-order valence-electron chi connectivity index (χ3n) is 3.55. The second-order valence-electron chi connectivity index (χ2n) is 4.89. The third-order valence-corrected chi connectivity index (χ3v) is 4.04. The summed E-state index contributed by atoms with van der Waals surface area (Å²) in [5, 5.41) is 7.40. The molecule has 2 heterocycles. The summed E-state index contributed by atoms with van der Waals surface area (Å²) in [5.74, 6) is 0.281. The molecule has 3 rings (SSSR count). The lowest BCUT2D eigenvalue weighted by atomic mass is 9.75. The summed E-state index contributed by atoms with van der Waals surface area (Å²) in [5.41, 5.74) is 0.755. The van der Waals surface area contributed by atoms with E-state index in [0.29, 0.717) is 19.6 Å². The minimum Gasteiger partial charge on any atom is -0.379 e. The zero-order valence-electron chi connectivity index (χ0n) is 10.5. The standard InChI is InChI=1S/C13H12BrF2N3O/c14-10-3-1-2-9(4-10)13(6-20-7-13)5-11-18-17-8-19(11)12(15)16/h1-4,8,12H,5-7H2. The first-order valence-electron chi connectivity index (χ1n) is 6.11. The first-order valence-corrected chi connectivity index (χ1v) is 6.90. The highest BCUT2D eigenvalue weighted by Gasteiger charge is 2.42. The molecule has 0 atom stereocenters. The van der Waals surface area contributed by atoms with Crippen LogP contribution in [0.2, 0.25) is 0 Å². The molecule has 0 spiro atoms. The number of nitrogens with zero attached hydrogens (tertiary/aromatic N) is 3. The predicted octanol–water partition coefficient (Wildman–Crippen LogP) is 2.95. The molecule has 0 unspecified atom stereocenters. The zero-order chi connectivity index (χ0) is 14.2. The summed E-state index contributed by atoms with van der Waals surface area (Å²) in [7, 11) is 0. The molecule has 0 bridgehead atoms. The smallest absolute Gasteiger partial charge is 0.321 e. The molecule has 1 fully saturated rings. The lowest BCUT2D eigenvalue weighted by molar-refractivity contribution is -0.0623. The van der Waals surface area contributed by atoms with E-state index in [0.717, 1.165) is 20.9 Å². The average molecular weight is 344 g/mol. The van der Waals surface area contributed by atoms with Crippen LogP contribution in [-0.2, 0) is 16.6 Å². The van der Waals surface area contributed by atoms with Crippen LogP contribution in [0, 0.1) is 0 Å². The van der Waals surface area contributed by atoms with Crippen LogP contribution in [0.3, 0.4) is 0 Å². The lowest BCUT2D eigenvalue weighted by Crippen LogP contribution is -2.49. The molecule has 1 aliphatic rings. The van der Waals surface area contributed by atoms with Gasteiger partial charge < -0.3 is 4.74 Å². The summed E-state index contributed by atoms with van der Waals surface area (Å²) in [4.78, 5) is 0. The van der Waals surface area contributed by atoms with Crippen molar-refractivity contribution in [3.8, 4) is 0 Å². The van der Waals surface area contributed by atoms with Crippen molar-refractivity contribution in [3.05, 3.63) is 46.5 Å². The Bertz CT molecular complexity index is 613. The maximum atomic E-state index is 12.9. The van der Waals surface area contributed by atoms with Gasteiger partial charge in [-0.3, -0.25) is 4.57 Å². The number of halogens is 3. The van der Waals surface area contributed by atoms with Crippen LogP contribution in [-0.4, -0.2) is 28.0 Å². The van der Waals surface area contributed by atoms with Gasteiger partial charge in [0.15, 0.2) is 0 Å². The molecule has 106 valence electrons. The fourth-order valence-corrected chi connectivity index (χ4v) is 2.80. The van der Waals surface area contributed by atoms with Crippen LogP contribution in [0.4, 0.5) is 8.78 Å². The fraction of sp³-hybridized carbons (Fsp3) is 0.385. The summed E-state index contributed by atoms with van der Waals surface area (Å²) in [6.07, 6.45) is 1.45. The van der Waals surface area contributed by atoms with Crippen molar-refractivity contribution >= 4 is 15.9 Å². The largest absolute Gasteiger partial charge is 0.379 e. The van der Waals surface area contributed by atoms with Crippen LogP contribution in [0.5, 0.6) is 0 Å². The normalized spacial score (nSPS) is 17.2. The SMILES string of the molecule is FC(F)n1cnnc1CC1(c2cccc(Br)c2)COC1. The number of aromatic nitrogens is 3. The molecule has 1 aromatic carbocycles. The molecule has 1 aromatic heterocycles. The van der Waals surface area contributed by atoms with Gasteiger partial charge in [-0.25, -0.2) is 0 Å². The number of alkyl halides is 2. The van der Waals surface area contributed by atoms with Crippen molar-refractivity contribution in [2.24, 2.45) is 0 Å². The highest BCUT2D eigenvalue weighted by atomic mass is 79.9. The molecule has 4 nitrogen and oxygen atoms in total. The van der Waals surface area contributed by atoms with Crippen molar-refractivity contribution < 1.29 is 13.5 Å². The summed E-state index contributed by atoms with van der Waals surface area (Å²) in [6, 6.07) is 7.83. The number of benzene rings is 1. The van der Waals surface area contributed by atoms with Gasteiger partial charge in [0.2, 0.25) is 0 Å². The van der Waals surface area contributed by atoms with Gasteiger partial charge in [0.05, 0.1) is 13.2 Å².